The summed E-state index contributed by atoms with van der Waals surface area (Å²) in [6.07, 6.45) is 0.855. The molecular formula is C13H16FN3O3. The zero-order valence-electron chi connectivity index (χ0n) is 10.8. The molecule has 1 aliphatic rings. The Morgan fingerprint density at radius 1 is 1.50 bits per heavy atom. The maximum absolute atomic E-state index is 13.2. The monoisotopic (exact) mass is 281 g/mol. The fraction of sp³-hybridized carbons (Fsp3) is 0.385. The molecular weight excluding hydrogens is 265 g/mol. The molecule has 1 fully saturated rings. The van der Waals surface area contributed by atoms with E-state index in [4.69, 9.17) is 10.8 Å². The van der Waals surface area contributed by atoms with Crippen LogP contribution in [-0.2, 0) is 0 Å². The summed E-state index contributed by atoms with van der Waals surface area (Å²) in [7, 11) is 0. The van der Waals surface area contributed by atoms with Crippen LogP contribution in [0.5, 0.6) is 0 Å². The number of amides is 2. The van der Waals surface area contributed by atoms with E-state index in [1.54, 1.807) is 4.90 Å². The van der Waals surface area contributed by atoms with Gasteiger partial charge in [0.15, 0.2) is 0 Å². The van der Waals surface area contributed by atoms with Crippen LogP contribution in [0.4, 0.5) is 14.9 Å². The number of nitrogens with two attached hydrogens (primary N) is 1. The van der Waals surface area contributed by atoms with Crippen molar-refractivity contribution in [2.75, 3.05) is 25.0 Å². The van der Waals surface area contributed by atoms with Gasteiger partial charge in [0.2, 0.25) is 0 Å². The van der Waals surface area contributed by atoms with Crippen LogP contribution >= 0.6 is 0 Å². The Hall–Kier alpha value is -2.15. The summed E-state index contributed by atoms with van der Waals surface area (Å²) in [5.74, 6) is -1.91. The van der Waals surface area contributed by atoms with Crippen LogP contribution in [0.15, 0.2) is 18.2 Å². The Kier molecular flexibility index (Phi) is 4.19. The predicted molar refractivity (Wildman–Crippen MR) is 71.1 cm³/mol. The molecule has 0 spiro atoms. The number of aromatic carboxylic acids is 1. The zero-order chi connectivity index (χ0) is 14.7. The minimum atomic E-state index is -1.37. The predicted octanol–water partition coefficient (Wildman–Crippen LogP) is 1.34. The van der Waals surface area contributed by atoms with Gasteiger partial charge in [0.25, 0.3) is 0 Å². The number of nitrogens with zero attached hydrogens (tertiary/aromatic N) is 1. The van der Waals surface area contributed by atoms with E-state index >= 15 is 0 Å². The van der Waals surface area contributed by atoms with E-state index in [0.29, 0.717) is 25.6 Å². The lowest BCUT2D eigenvalue weighted by Gasteiger charge is -2.17. The van der Waals surface area contributed by atoms with Gasteiger partial charge in [0.1, 0.15) is 5.82 Å². The second-order valence-corrected chi connectivity index (χ2v) is 4.77. The van der Waals surface area contributed by atoms with Crippen molar-refractivity contribution >= 4 is 17.7 Å². The Labute approximate surface area is 115 Å². The van der Waals surface area contributed by atoms with Crippen molar-refractivity contribution in [2.24, 2.45) is 11.7 Å². The number of anilines is 1. The van der Waals surface area contributed by atoms with Crippen LogP contribution in [0.1, 0.15) is 16.8 Å². The Balaban J connectivity index is 2.05. The number of urea groups is 1. The van der Waals surface area contributed by atoms with Gasteiger partial charge in [-0.3, -0.25) is 0 Å². The molecule has 0 aliphatic carbocycles. The van der Waals surface area contributed by atoms with E-state index in [2.05, 4.69) is 5.32 Å². The summed E-state index contributed by atoms with van der Waals surface area (Å²) in [5.41, 5.74) is 5.34. The first kappa shape index (κ1) is 14.3. The number of carbonyl (C=O) groups excluding carboxylic acids is 1. The quantitative estimate of drug-likeness (QED) is 0.779. The summed E-state index contributed by atoms with van der Waals surface area (Å²) < 4.78 is 13.2. The lowest BCUT2D eigenvalue weighted by Crippen LogP contribution is -2.33. The van der Waals surface area contributed by atoms with Crippen LogP contribution in [0.25, 0.3) is 0 Å². The molecule has 6 nitrogen and oxygen atoms in total. The van der Waals surface area contributed by atoms with Crippen LogP contribution in [-0.4, -0.2) is 41.6 Å². The van der Waals surface area contributed by atoms with E-state index in [-0.39, 0.29) is 11.7 Å². The number of hydrogen-bond donors (Lipinski definition) is 3. The molecule has 1 saturated heterocycles. The van der Waals surface area contributed by atoms with Gasteiger partial charge in [-0.2, -0.15) is 0 Å². The summed E-state index contributed by atoms with van der Waals surface area (Å²) >= 11 is 0. The molecule has 0 aromatic heterocycles. The number of carboxylic acids is 1. The van der Waals surface area contributed by atoms with E-state index in [1.807, 2.05) is 0 Å². The second-order valence-electron chi connectivity index (χ2n) is 4.77. The molecule has 1 unspecified atom stereocenters. The maximum Gasteiger partial charge on any atom is 0.338 e. The largest absolute Gasteiger partial charge is 0.478 e. The third-order valence-corrected chi connectivity index (χ3v) is 3.35. The van der Waals surface area contributed by atoms with Gasteiger partial charge >= 0.3 is 12.0 Å². The molecule has 7 heteroatoms. The van der Waals surface area contributed by atoms with Crippen molar-refractivity contribution in [3.8, 4) is 0 Å². The fourth-order valence-electron chi connectivity index (χ4n) is 2.18. The van der Waals surface area contributed by atoms with Gasteiger partial charge in [-0.15, -0.1) is 0 Å². The highest BCUT2D eigenvalue weighted by Gasteiger charge is 2.25. The van der Waals surface area contributed by atoms with Crippen LogP contribution in [0.3, 0.4) is 0 Å². The number of carboxylic acid groups (broad SMARTS) is 1. The molecule has 1 heterocycles. The number of carbonyl (C=O) groups is 2. The molecule has 1 aromatic rings. The minimum Gasteiger partial charge on any atom is -0.478 e. The summed E-state index contributed by atoms with van der Waals surface area (Å²) in [6, 6.07) is 3.12. The van der Waals surface area contributed by atoms with Crippen LogP contribution in [0.2, 0.25) is 0 Å². The summed E-state index contributed by atoms with van der Waals surface area (Å²) in [4.78, 5) is 24.4. The average molecular weight is 281 g/mol. The van der Waals surface area contributed by atoms with Crippen LogP contribution < -0.4 is 11.1 Å². The van der Waals surface area contributed by atoms with Gasteiger partial charge in [-0.1, -0.05) is 0 Å². The van der Waals surface area contributed by atoms with E-state index in [1.165, 1.54) is 6.07 Å². The van der Waals surface area contributed by atoms with Gasteiger partial charge in [0, 0.05) is 18.8 Å². The van der Waals surface area contributed by atoms with Crippen LogP contribution in [0, 0.1) is 11.7 Å². The lowest BCUT2D eigenvalue weighted by atomic mass is 10.1. The average Bonchev–Trinajstić information content (AvgIpc) is 2.89. The van der Waals surface area contributed by atoms with Crippen molar-refractivity contribution in [1.29, 1.82) is 0 Å². The van der Waals surface area contributed by atoms with Gasteiger partial charge in [-0.05, 0) is 37.1 Å². The SMILES string of the molecule is NCC1CCN(C(=O)Nc2ccc(F)c(C(=O)O)c2)C1. The highest BCUT2D eigenvalue weighted by molar-refractivity contribution is 5.93. The topological polar surface area (TPSA) is 95.7 Å². The van der Waals surface area contributed by atoms with Gasteiger partial charge in [0.05, 0.1) is 5.56 Å². The third-order valence-electron chi connectivity index (χ3n) is 3.35. The first-order valence-corrected chi connectivity index (χ1v) is 6.30. The normalized spacial score (nSPS) is 18.1. The highest BCUT2D eigenvalue weighted by Crippen LogP contribution is 2.18. The highest BCUT2D eigenvalue weighted by atomic mass is 19.1. The molecule has 1 atom stereocenters. The summed E-state index contributed by atoms with van der Waals surface area (Å²) in [5, 5.41) is 11.4. The molecule has 1 aromatic carbocycles. The van der Waals surface area contributed by atoms with Crippen molar-refractivity contribution in [2.45, 2.75) is 6.42 Å². The number of nitrogens with one attached hydrogen (secondary N) is 1. The smallest absolute Gasteiger partial charge is 0.338 e. The standard InChI is InChI=1S/C13H16FN3O3/c14-11-2-1-9(5-10(11)12(18)19)16-13(20)17-4-3-8(6-15)7-17/h1-2,5,8H,3-4,6-7,15H2,(H,16,20)(H,18,19). The van der Waals surface area contributed by atoms with Gasteiger partial charge in [-0.25, -0.2) is 14.0 Å². The first-order chi connectivity index (χ1) is 9.51. The van der Waals surface area contributed by atoms with Crippen molar-refractivity contribution in [3.05, 3.63) is 29.6 Å². The zero-order valence-corrected chi connectivity index (χ0v) is 10.8. The number of hydrogen-bond acceptors (Lipinski definition) is 3. The number of likely N-dealkylation sites (tertiary alicyclic amines) is 1. The molecule has 2 rings (SSSR count). The molecule has 2 amide bonds. The number of halogens is 1. The van der Waals surface area contributed by atoms with Crippen molar-refractivity contribution in [3.63, 3.8) is 0 Å². The van der Waals surface area contributed by atoms with Crippen molar-refractivity contribution < 1.29 is 19.1 Å². The molecule has 0 saturated carbocycles. The molecule has 20 heavy (non-hydrogen) atoms. The molecule has 0 radical (unpaired) electrons. The lowest BCUT2D eigenvalue weighted by molar-refractivity contribution is 0.0692. The number of rotatable bonds is 3. The first-order valence-electron chi connectivity index (χ1n) is 6.30. The molecule has 1 aliphatic heterocycles. The van der Waals surface area contributed by atoms with Gasteiger partial charge < -0.3 is 21.1 Å². The third kappa shape index (κ3) is 3.05. The molecule has 108 valence electrons. The molecule has 4 N–H and O–H groups in total. The number of benzene rings is 1. The second kappa shape index (κ2) is 5.87. The minimum absolute atomic E-state index is 0.255. The van der Waals surface area contributed by atoms with E-state index in [0.717, 1.165) is 18.6 Å². The van der Waals surface area contributed by atoms with Crippen molar-refractivity contribution in [1.82, 2.24) is 4.90 Å². The Bertz CT molecular complexity index is 536. The Morgan fingerprint density at radius 2 is 2.25 bits per heavy atom. The maximum atomic E-state index is 13.2. The molecule has 0 bridgehead atoms. The van der Waals surface area contributed by atoms with E-state index < -0.39 is 17.3 Å². The Morgan fingerprint density at radius 3 is 2.85 bits per heavy atom. The summed E-state index contributed by atoms with van der Waals surface area (Å²) in [6.45, 7) is 1.72. The van der Waals surface area contributed by atoms with E-state index in [9.17, 15) is 14.0 Å². The fourth-order valence-corrected chi connectivity index (χ4v) is 2.18.